The summed E-state index contributed by atoms with van der Waals surface area (Å²) in [7, 11) is 1.23. The molecule has 1 aromatic rings. The summed E-state index contributed by atoms with van der Waals surface area (Å²) in [6, 6.07) is 8.37. The molecule has 1 atom stereocenters. The number of hydrogen-bond acceptors (Lipinski definition) is 1. The molecule has 0 spiro atoms. The van der Waals surface area contributed by atoms with Crippen LogP contribution < -0.4 is 4.74 Å². The minimum Gasteiger partial charge on any atom is -0.493 e. The van der Waals surface area contributed by atoms with Gasteiger partial charge in [-0.25, -0.2) is 0 Å². The standard InChI is InChI=1S/C16H25OP/c1-13-3-5-16(6-4-13)17-12-14(2)11-15-7-9-18-10-8-15/h3-6,14-15,18H,7-12H2,1-2H3. The molecule has 2 rings (SSSR count). The summed E-state index contributed by atoms with van der Waals surface area (Å²) in [4.78, 5) is 0. The Morgan fingerprint density at radius 3 is 2.56 bits per heavy atom. The van der Waals surface area contributed by atoms with Gasteiger partial charge in [0.05, 0.1) is 6.61 Å². The maximum atomic E-state index is 5.87. The van der Waals surface area contributed by atoms with Crippen LogP contribution in [0.15, 0.2) is 24.3 Å². The molecule has 1 fully saturated rings. The second-order valence-corrected chi connectivity index (χ2v) is 7.16. The van der Waals surface area contributed by atoms with E-state index in [2.05, 4.69) is 38.1 Å². The number of rotatable bonds is 5. The maximum Gasteiger partial charge on any atom is 0.119 e. The van der Waals surface area contributed by atoms with Crippen molar-refractivity contribution in [3.63, 3.8) is 0 Å². The van der Waals surface area contributed by atoms with Gasteiger partial charge in [-0.05, 0) is 62.5 Å². The lowest BCUT2D eigenvalue weighted by molar-refractivity contribution is 0.228. The molecule has 100 valence electrons. The van der Waals surface area contributed by atoms with Gasteiger partial charge >= 0.3 is 0 Å². The highest BCUT2D eigenvalue weighted by Gasteiger charge is 2.16. The zero-order valence-corrected chi connectivity index (χ0v) is 12.6. The molecule has 1 saturated heterocycles. The van der Waals surface area contributed by atoms with Gasteiger partial charge < -0.3 is 4.74 Å². The van der Waals surface area contributed by atoms with Crippen molar-refractivity contribution < 1.29 is 4.74 Å². The summed E-state index contributed by atoms with van der Waals surface area (Å²) < 4.78 is 5.87. The van der Waals surface area contributed by atoms with Gasteiger partial charge in [-0.15, -0.1) is 8.58 Å². The third-order valence-electron chi connectivity index (χ3n) is 3.75. The predicted molar refractivity (Wildman–Crippen MR) is 81.2 cm³/mol. The Kier molecular flexibility index (Phi) is 5.50. The fourth-order valence-corrected chi connectivity index (χ4v) is 4.10. The van der Waals surface area contributed by atoms with Crippen LogP contribution in [0.1, 0.15) is 31.7 Å². The van der Waals surface area contributed by atoms with Crippen LogP contribution in [0.4, 0.5) is 0 Å². The summed E-state index contributed by atoms with van der Waals surface area (Å²) in [6.07, 6.45) is 7.18. The predicted octanol–water partition coefficient (Wildman–Crippen LogP) is 4.49. The first kappa shape index (κ1) is 13.9. The quantitative estimate of drug-likeness (QED) is 0.712. The summed E-state index contributed by atoms with van der Waals surface area (Å²) in [6.45, 7) is 5.29. The Hall–Kier alpha value is -0.550. The van der Waals surface area contributed by atoms with E-state index in [0.717, 1.165) is 18.3 Å². The molecule has 1 aliphatic heterocycles. The highest BCUT2D eigenvalue weighted by Crippen LogP contribution is 2.31. The van der Waals surface area contributed by atoms with Gasteiger partial charge in [0.15, 0.2) is 0 Å². The molecule has 0 amide bonds. The molecule has 0 aromatic heterocycles. The Labute approximate surface area is 113 Å². The SMILES string of the molecule is Cc1ccc(OCC(C)CC2CCPCC2)cc1. The molecule has 0 radical (unpaired) electrons. The monoisotopic (exact) mass is 264 g/mol. The summed E-state index contributed by atoms with van der Waals surface area (Å²) in [5.41, 5.74) is 1.29. The van der Waals surface area contributed by atoms with Gasteiger partial charge in [-0.3, -0.25) is 0 Å². The Morgan fingerprint density at radius 2 is 1.89 bits per heavy atom. The molecule has 1 aromatic carbocycles. The van der Waals surface area contributed by atoms with Gasteiger partial charge in [0.2, 0.25) is 0 Å². The highest BCUT2D eigenvalue weighted by molar-refractivity contribution is 7.38. The van der Waals surface area contributed by atoms with E-state index in [1.807, 2.05) is 0 Å². The average molecular weight is 264 g/mol. The molecule has 0 N–H and O–H groups in total. The lowest BCUT2D eigenvalue weighted by Crippen LogP contribution is -2.16. The molecule has 1 unspecified atom stereocenters. The molecule has 0 aliphatic carbocycles. The second kappa shape index (κ2) is 7.14. The van der Waals surface area contributed by atoms with Crippen molar-refractivity contribution in [2.75, 3.05) is 18.9 Å². The smallest absolute Gasteiger partial charge is 0.119 e. The van der Waals surface area contributed by atoms with Gasteiger partial charge in [0.1, 0.15) is 5.75 Å². The third-order valence-corrected chi connectivity index (χ3v) is 5.03. The van der Waals surface area contributed by atoms with Crippen molar-refractivity contribution in [3.8, 4) is 5.75 Å². The minimum atomic E-state index is 0.678. The molecule has 1 heterocycles. The fraction of sp³-hybridized carbons (Fsp3) is 0.625. The first-order valence-electron chi connectivity index (χ1n) is 7.14. The molecule has 1 nitrogen and oxygen atoms in total. The largest absolute Gasteiger partial charge is 0.493 e. The average Bonchev–Trinajstić information content (AvgIpc) is 2.39. The molecular weight excluding hydrogens is 239 g/mol. The zero-order valence-electron chi connectivity index (χ0n) is 11.6. The molecule has 18 heavy (non-hydrogen) atoms. The lowest BCUT2D eigenvalue weighted by atomic mass is 9.92. The molecule has 0 saturated carbocycles. The van der Waals surface area contributed by atoms with Crippen LogP contribution >= 0.6 is 8.58 Å². The van der Waals surface area contributed by atoms with E-state index in [1.165, 1.54) is 45.7 Å². The van der Waals surface area contributed by atoms with Gasteiger partial charge in [0, 0.05) is 0 Å². The van der Waals surface area contributed by atoms with Crippen molar-refractivity contribution in [1.82, 2.24) is 0 Å². The Balaban J connectivity index is 1.70. The minimum absolute atomic E-state index is 0.678. The number of benzene rings is 1. The van der Waals surface area contributed by atoms with Gasteiger partial charge in [-0.2, -0.15) is 0 Å². The Morgan fingerprint density at radius 1 is 1.22 bits per heavy atom. The highest BCUT2D eigenvalue weighted by atomic mass is 31.1. The van der Waals surface area contributed by atoms with E-state index in [1.54, 1.807) is 0 Å². The molecule has 1 aliphatic rings. The van der Waals surface area contributed by atoms with E-state index < -0.39 is 0 Å². The van der Waals surface area contributed by atoms with Crippen LogP contribution in [0.2, 0.25) is 0 Å². The van der Waals surface area contributed by atoms with E-state index in [-0.39, 0.29) is 0 Å². The van der Waals surface area contributed by atoms with Gasteiger partial charge in [0.25, 0.3) is 0 Å². The van der Waals surface area contributed by atoms with E-state index in [4.69, 9.17) is 4.74 Å². The summed E-state index contributed by atoms with van der Waals surface area (Å²) in [5.74, 6) is 2.65. The van der Waals surface area contributed by atoms with Gasteiger partial charge in [-0.1, -0.05) is 24.6 Å². The van der Waals surface area contributed by atoms with Crippen LogP contribution in [-0.2, 0) is 0 Å². The summed E-state index contributed by atoms with van der Waals surface area (Å²) >= 11 is 0. The summed E-state index contributed by atoms with van der Waals surface area (Å²) in [5, 5.41) is 0. The van der Waals surface area contributed by atoms with Crippen molar-refractivity contribution in [2.45, 2.75) is 33.1 Å². The number of hydrogen-bond donors (Lipinski definition) is 0. The van der Waals surface area contributed by atoms with E-state index >= 15 is 0 Å². The van der Waals surface area contributed by atoms with Crippen LogP contribution in [0.25, 0.3) is 0 Å². The zero-order chi connectivity index (χ0) is 12.8. The normalized spacial score (nSPS) is 22.9. The molecular formula is C16H25OP. The lowest BCUT2D eigenvalue weighted by Gasteiger charge is -2.24. The van der Waals surface area contributed by atoms with Crippen molar-refractivity contribution >= 4 is 8.58 Å². The van der Waals surface area contributed by atoms with Crippen molar-refractivity contribution in [2.24, 2.45) is 11.8 Å². The topological polar surface area (TPSA) is 9.23 Å². The second-order valence-electron chi connectivity index (χ2n) is 5.66. The third kappa shape index (κ3) is 4.61. The van der Waals surface area contributed by atoms with Crippen LogP contribution in [0.3, 0.4) is 0 Å². The Bertz CT molecular complexity index is 341. The molecule has 2 heteroatoms. The van der Waals surface area contributed by atoms with E-state index in [9.17, 15) is 0 Å². The van der Waals surface area contributed by atoms with Crippen LogP contribution in [0.5, 0.6) is 5.75 Å². The number of ether oxygens (including phenoxy) is 1. The van der Waals surface area contributed by atoms with Crippen molar-refractivity contribution in [3.05, 3.63) is 29.8 Å². The fourth-order valence-electron chi connectivity index (χ4n) is 2.63. The first-order chi connectivity index (χ1) is 8.74. The van der Waals surface area contributed by atoms with Crippen LogP contribution in [-0.4, -0.2) is 18.9 Å². The van der Waals surface area contributed by atoms with E-state index in [0.29, 0.717) is 5.92 Å². The maximum absolute atomic E-state index is 5.87. The van der Waals surface area contributed by atoms with Crippen LogP contribution in [0, 0.1) is 18.8 Å². The molecule has 0 bridgehead atoms. The van der Waals surface area contributed by atoms with Crippen molar-refractivity contribution in [1.29, 1.82) is 0 Å². The first-order valence-corrected chi connectivity index (χ1v) is 8.55. The number of aryl methyl sites for hydroxylation is 1.